The average Bonchev–Trinajstić information content (AvgIpc) is 2.78. The predicted molar refractivity (Wildman–Crippen MR) is 131 cm³/mol. The van der Waals surface area contributed by atoms with Crippen LogP contribution in [0.1, 0.15) is 13.3 Å². The summed E-state index contributed by atoms with van der Waals surface area (Å²) in [5.74, 6) is -0.650. The minimum atomic E-state index is -3.94. The maximum atomic E-state index is 13.0. The first-order valence-corrected chi connectivity index (χ1v) is 13.7. The Morgan fingerprint density at radius 1 is 1.00 bits per heavy atom. The van der Waals surface area contributed by atoms with Gasteiger partial charge >= 0.3 is 0 Å². The van der Waals surface area contributed by atoms with Crippen LogP contribution in [0.3, 0.4) is 0 Å². The van der Waals surface area contributed by atoms with Crippen LogP contribution in [0.4, 0.5) is 17.3 Å². The molecule has 0 bridgehead atoms. The predicted octanol–water partition coefficient (Wildman–Crippen LogP) is 3.11. The van der Waals surface area contributed by atoms with E-state index in [1.54, 1.807) is 13.0 Å². The van der Waals surface area contributed by atoms with Crippen LogP contribution in [0.5, 0.6) is 0 Å². The average molecular weight is 524 g/mol. The number of halogens is 1. The van der Waals surface area contributed by atoms with E-state index in [4.69, 9.17) is 11.6 Å². The summed E-state index contributed by atoms with van der Waals surface area (Å²) in [6, 6.07) is 12.0. The molecule has 3 aromatic rings. The minimum absolute atomic E-state index is 0.0658. The summed E-state index contributed by atoms with van der Waals surface area (Å²) in [6.45, 7) is 1.69. The van der Waals surface area contributed by atoms with E-state index in [0.717, 1.165) is 10.6 Å². The third kappa shape index (κ3) is 6.22. The van der Waals surface area contributed by atoms with Crippen LogP contribution in [0, 0.1) is 0 Å². The molecule has 0 aliphatic rings. The lowest BCUT2D eigenvalue weighted by atomic mass is 10.2. The zero-order valence-electron chi connectivity index (χ0n) is 18.2. The van der Waals surface area contributed by atoms with E-state index in [-0.39, 0.29) is 17.3 Å². The molecule has 2 aromatic carbocycles. The molecule has 34 heavy (non-hydrogen) atoms. The van der Waals surface area contributed by atoms with Gasteiger partial charge in [-0.3, -0.25) is 9.10 Å². The Hall–Kier alpha value is -3.22. The fraction of sp³-hybridized carbons (Fsp3) is 0.190. The van der Waals surface area contributed by atoms with Crippen LogP contribution in [-0.2, 0) is 24.8 Å². The Bertz CT molecular complexity index is 1350. The van der Waals surface area contributed by atoms with Crippen molar-refractivity contribution in [1.82, 2.24) is 9.97 Å². The maximum Gasteiger partial charge on any atom is 0.264 e. The van der Waals surface area contributed by atoms with Gasteiger partial charge in [0.25, 0.3) is 10.0 Å². The molecule has 0 radical (unpaired) electrons. The summed E-state index contributed by atoms with van der Waals surface area (Å²) in [5.41, 5.74) is 0.590. The smallest absolute Gasteiger partial charge is 0.264 e. The van der Waals surface area contributed by atoms with Crippen molar-refractivity contribution in [3.63, 3.8) is 0 Å². The van der Waals surface area contributed by atoms with Gasteiger partial charge in [0.05, 0.1) is 16.8 Å². The van der Waals surface area contributed by atoms with Crippen molar-refractivity contribution in [3.05, 3.63) is 72.0 Å². The molecular formula is C21H22ClN5O5S2. The number of hydrogen-bond acceptors (Lipinski definition) is 7. The normalized spacial score (nSPS) is 12.6. The van der Waals surface area contributed by atoms with Gasteiger partial charge in [0.1, 0.15) is 6.04 Å². The van der Waals surface area contributed by atoms with E-state index >= 15 is 0 Å². The van der Waals surface area contributed by atoms with Crippen molar-refractivity contribution in [2.45, 2.75) is 24.3 Å². The lowest BCUT2D eigenvalue weighted by Gasteiger charge is -2.30. The van der Waals surface area contributed by atoms with E-state index in [2.05, 4.69) is 20.0 Å². The van der Waals surface area contributed by atoms with Gasteiger partial charge in [-0.2, -0.15) is 0 Å². The van der Waals surface area contributed by atoms with Crippen LogP contribution in [0.25, 0.3) is 0 Å². The molecule has 0 aliphatic heterocycles. The molecular weight excluding hydrogens is 502 g/mol. The summed E-state index contributed by atoms with van der Waals surface area (Å²) in [6.07, 6.45) is 4.00. The van der Waals surface area contributed by atoms with E-state index < -0.39 is 32.0 Å². The van der Waals surface area contributed by atoms with Crippen LogP contribution in [0.2, 0.25) is 5.02 Å². The SMILES string of the molecule is CC[C@@H](C(=O)Nc1ccc(S(=O)(=O)Nc2ncccn2)cc1)N(c1ccc(Cl)cc1)S(C)(=O)=O. The quantitative estimate of drug-likeness (QED) is 0.439. The molecule has 1 heterocycles. The van der Waals surface area contributed by atoms with Crippen LogP contribution < -0.4 is 14.3 Å². The molecule has 3 rings (SSSR count). The Kier molecular flexibility index (Phi) is 7.75. The molecule has 0 fully saturated rings. The zero-order chi connectivity index (χ0) is 24.9. The second kappa shape index (κ2) is 10.4. The first kappa shape index (κ1) is 25.4. The third-order valence-electron chi connectivity index (χ3n) is 4.63. The highest BCUT2D eigenvalue weighted by atomic mass is 35.5. The highest BCUT2D eigenvalue weighted by molar-refractivity contribution is 7.92. The van der Waals surface area contributed by atoms with E-state index in [1.165, 1.54) is 60.9 Å². The number of aromatic nitrogens is 2. The van der Waals surface area contributed by atoms with Crippen LogP contribution >= 0.6 is 11.6 Å². The molecule has 180 valence electrons. The Balaban J connectivity index is 1.79. The number of rotatable bonds is 9. The second-order valence-corrected chi connectivity index (χ2v) is 11.1. The second-order valence-electron chi connectivity index (χ2n) is 7.15. The number of benzene rings is 2. The van der Waals surface area contributed by atoms with Crippen molar-refractivity contribution < 1.29 is 21.6 Å². The maximum absolute atomic E-state index is 13.0. The largest absolute Gasteiger partial charge is 0.324 e. The summed E-state index contributed by atoms with van der Waals surface area (Å²) in [4.78, 5) is 20.6. The highest BCUT2D eigenvalue weighted by Gasteiger charge is 2.31. The Labute approximate surface area is 203 Å². The number of carbonyl (C=O) groups is 1. The highest BCUT2D eigenvalue weighted by Crippen LogP contribution is 2.25. The van der Waals surface area contributed by atoms with Crippen molar-refractivity contribution >= 4 is 54.9 Å². The Morgan fingerprint density at radius 3 is 2.12 bits per heavy atom. The van der Waals surface area contributed by atoms with Gasteiger partial charge < -0.3 is 5.32 Å². The summed E-state index contributed by atoms with van der Waals surface area (Å²) < 4.78 is 53.3. The molecule has 0 unspecified atom stereocenters. The molecule has 2 N–H and O–H groups in total. The molecule has 0 saturated carbocycles. The monoisotopic (exact) mass is 523 g/mol. The molecule has 1 amide bonds. The summed E-state index contributed by atoms with van der Waals surface area (Å²) in [5, 5.41) is 3.07. The van der Waals surface area contributed by atoms with E-state index in [0.29, 0.717) is 16.4 Å². The third-order valence-corrected chi connectivity index (χ3v) is 7.41. The van der Waals surface area contributed by atoms with E-state index in [1.807, 2.05) is 0 Å². The Morgan fingerprint density at radius 2 is 1.59 bits per heavy atom. The number of anilines is 3. The number of nitrogens with one attached hydrogen (secondary N) is 2. The summed E-state index contributed by atoms with van der Waals surface area (Å²) >= 11 is 5.90. The molecule has 13 heteroatoms. The topological polar surface area (TPSA) is 138 Å². The van der Waals surface area contributed by atoms with Crippen LogP contribution in [-0.4, -0.2) is 45.0 Å². The van der Waals surface area contributed by atoms with E-state index in [9.17, 15) is 21.6 Å². The fourth-order valence-corrected chi connectivity index (χ4v) is 5.42. The molecule has 1 aromatic heterocycles. The van der Waals surface area contributed by atoms with Gasteiger partial charge in [-0.25, -0.2) is 31.5 Å². The molecule has 10 nitrogen and oxygen atoms in total. The molecule has 1 atom stereocenters. The summed E-state index contributed by atoms with van der Waals surface area (Å²) in [7, 11) is -7.74. The van der Waals surface area contributed by atoms with Gasteiger partial charge in [-0.15, -0.1) is 0 Å². The first-order chi connectivity index (χ1) is 16.0. The number of amides is 1. The van der Waals surface area contributed by atoms with Crippen LogP contribution in [0.15, 0.2) is 71.9 Å². The van der Waals surface area contributed by atoms with Gasteiger partial charge in [0.2, 0.25) is 21.9 Å². The number of nitrogens with zero attached hydrogens (tertiary/aromatic N) is 3. The molecule has 0 aliphatic carbocycles. The number of hydrogen-bond donors (Lipinski definition) is 2. The van der Waals surface area contributed by atoms with Gasteiger partial charge in [0, 0.05) is 23.1 Å². The van der Waals surface area contributed by atoms with Gasteiger partial charge in [-0.05, 0) is 61.0 Å². The zero-order valence-corrected chi connectivity index (χ0v) is 20.6. The van der Waals surface area contributed by atoms with Crippen molar-refractivity contribution in [2.75, 3.05) is 20.6 Å². The van der Waals surface area contributed by atoms with Gasteiger partial charge in [-0.1, -0.05) is 18.5 Å². The van der Waals surface area contributed by atoms with Crippen molar-refractivity contribution in [2.24, 2.45) is 0 Å². The minimum Gasteiger partial charge on any atom is -0.324 e. The van der Waals surface area contributed by atoms with Gasteiger partial charge in [0.15, 0.2) is 0 Å². The molecule has 0 spiro atoms. The standard InChI is InChI=1S/C21H22ClN5O5S2/c1-3-19(27(33(2,29)30)17-9-5-15(22)6-10-17)20(28)25-16-7-11-18(12-8-16)34(31,32)26-21-23-13-4-14-24-21/h4-14,19H,3H2,1-2H3,(H,25,28)(H,23,24,26)/t19-/m0/s1. The number of carbonyl (C=O) groups excluding carboxylic acids is 1. The lowest BCUT2D eigenvalue weighted by molar-refractivity contribution is -0.117. The lowest BCUT2D eigenvalue weighted by Crippen LogP contribution is -2.47. The number of sulfonamides is 2. The van der Waals surface area contributed by atoms with Crippen molar-refractivity contribution in [1.29, 1.82) is 0 Å². The van der Waals surface area contributed by atoms with Crippen molar-refractivity contribution in [3.8, 4) is 0 Å². The first-order valence-electron chi connectivity index (χ1n) is 9.97. The molecule has 0 saturated heterocycles. The fourth-order valence-electron chi connectivity index (χ4n) is 3.12.